The van der Waals surface area contributed by atoms with Crippen molar-refractivity contribution in [1.82, 2.24) is 20.1 Å². The number of carbonyl (C=O) groups is 1. The molecule has 1 aromatic carbocycles. The van der Waals surface area contributed by atoms with Gasteiger partial charge in [0.05, 0.1) is 35.1 Å². The first-order valence-electron chi connectivity index (χ1n) is 10.3. The zero-order chi connectivity index (χ0) is 23.7. The monoisotopic (exact) mass is 459 g/mol. The predicted molar refractivity (Wildman–Crippen MR) is 127 cm³/mol. The van der Waals surface area contributed by atoms with Crippen LogP contribution < -0.4 is 5.32 Å². The Labute approximate surface area is 195 Å². The number of benzene rings is 1. The molecule has 0 bridgehead atoms. The van der Waals surface area contributed by atoms with E-state index in [2.05, 4.69) is 20.2 Å². The summed E-state index contributed by atoms with van der Waals surface area (Å²) in [6.45, 7) is 14.8. The fraction of sp³-hybridized carbons (Fsp3) is 0.200. The van der Waals surface area contributed by atoms with Crippen molar-refractivity contribution in [3.63, 3.8) is 0 Å². The Bertz CT molecular complexity index is 1410. The van der Waals surface area contributed by atoms with Gasteiger partial charge in [0.25, 0.3) is 5.91 Å². The molecule has 6 nitrogen and oxygen atoms in total. The minimum Gasteiger partial charge on any atom is -0.346 e. The first-order valence-corrected chi connectivity index (χ1v) is 11.2. The Morgan fingerprint density at radius 3 is 2.61 bits per heavy atom. The van der Waals surface area contributed by atoms with E-state index >= 15 is 0 Å². The number of thiophene rings is 1. The highest BCUT2D eigenvalue weighted by Gasteiger charge is 2.18. The average Bonchev–Trinajstić information content (AvgIpc) is 3.35. The van der Waals surface area contributed by atoms with E-state index in [1.54, 1.807) is 16.9 Å². The van der Waals surface area contributed by atoms with Gasteiger partial charge in [0.1, 0.15) is 5.82 Å². The normalized spacial score (nSPS) is 10.8. The lowest BCUT2D eigenvalue weighted by Gasteiger charge is -2.09. The van der Waals surface area contributed by atoms with Gasteiger partial charge < -0.3 is 5.32 Å². The number of aryl methyl sites for hydroxylation is 3. The van der Waals surface area contributed by atoms with Crippen LogP contribution in [-0.2, 0) is 6.54 Å². The summed E-state index contributed by atoms with van der Waals surface area (Å²) >= 11 is 1.35. The highest BCUT2D eigenvalue weighted by Crippen LogP contribution is 2.30. The lowest BCUT2D eigenvalue weighted by molar-refractivity contribution is 0.0953. The van der Waals surface area contributed by atoms with Gasteiger partial charge in [0.15, 0.2) is 5.69 Å². The van der Waals surface area contributed by atoms with Crippen molar-refractivity contribution in [2.75, 3.05) is 0 Å². The van der Waals surface area contributed by atoms with E-state index in [0.717, 1.165) is 33.8 Å². The van der Waals surface area contributed by atoms with Gasteiger partial charge in [0, 0.05) is 23.0 Å². The van der Waals surface area contributed by atoms with Crippen LogP contribution in [0.15, 0.2) is 41.9 Å². The van der Waals surface area contributed by atoms with Crippen LogP contribution in [0, 0.1) is 40.1 Å². The van der Waals surface area contributed by atoms with Gasteiger partial charge in [-0.15, -0.1) is 11.3 Å². The fourth-order valence-electron chi connectivity index (χ4n) is 3.79. The van der Waals surface area contributed by atoms with E-state index in [1.165, 1.54) is 17.4 Å². The quantitative estimate of drug-likeness (QED) is 0.381. The van der Waals surface area contributed by atoms with Crippen LogP contribution in [0.4, 0.5) is 10.1 Å². The molecule has 0 saturated carbocycles. The lowest BCUT2D eigenvalue weighted by atomic mass is 10.1. The topological polar surface area (TPSA) is 64.2 Å². The molecule has 0 unspecified atom stereocenters. The van der Waals surface area contributed by atoms with E-state index in [1.807, 2.05) is 51.3 Å². The summed E-state index contributed by atoms with van der Waals surface area (Å²) in [5.74, 6) is -0.722. The molecule has 33 heavy (non-hydrogen) atoms. The van der Waals surface area contributed by atoms with Crippen molar-refractivity contribution in [3.05, 3.63) is 92.2 Å². The maximum atomic E-state index is 14.9. The maximum Gasteiger partial charge on any atom is 0.261 e. The van der Waals surface area contributed by atoms with Crippen LogP contribution in [-0.4, -0.2) is 20.7 Å². The Balaban J connectivity index is 1.59. The number of aromatic nitrogens is 3. The smallest absolute Gasteiger partial charge is 0.261 e. The third-order valence-corrected chi connectivity index (χ3v) is 6.54. The van der Waals surface area contributed by atoms with Gasteiger partial charge in [-0.25, -0.2) is 13.9 Å². The molecule has 0 spiro atoms. The molecule has 0 atom stereocenters. The SMILES string of the molecule is [C-]#[N+]c1ccc(-n2nc(C)c(-c3cnc(CNC(=O)c4sccc4C)c(F)c3)c2C)cc1C. The van der Waals surface area contributed by atoms with E-state index in [4.69, 9.17) is 6.57 Å². The van der Waals surface area contributed by atoms with Crippen molar-refractivity contribution in [1.29, 1.82) is 0 Å². The van der Waals surface area contributed by atoms with Crippen molar-refractivity contribution >= 4 is 22.9 Å². The Morgan fingerprint density at radius 2 is 1.97 bits per heavy atom. The minimum atomic E-state index is -0.487. The number of carbonyl (C=O) groups excluding carboxylic acids is 1. The highest BCUT2D eigenvalue weighted by atomic mass is 32.1. The molecular weight excluding hydrogens is 437 g/mol. The number of hydrogen-bond acceptors (Lipinski definition) is 4. The third kappa shape index (κ3) is 4.28. The zero-order valence-electron chi connectivity index (χ0n) is 18.7. The lowest BCUT2D eigenvalue weighted by Crippen LogP contribution is -2.23. The molecule has 0 aliphatic rings. The van der Waals surface area contributed by atoms with E-state index in [-0.39, 0.29) is 18.1 Å². The van der Waals surface area contributed by atoms with Gasteiger partial charge >= 0.3 is 0 Å². The molecule has 3 heterocycles. The zero-order valence-corrected chi connectivity index (χ0v) is 19.5. The van der Waals surface area contributed by atoms with E-state index in [9.17, 15) is 9.18 Å². The molecule has 0 saturated heterocycles. The van der Waals surface area contributed by atoms with Crippen LogP contribution in [0.25, 0.3) is 21.7 Å². The second-order valence-corrected chi connectivity index (χ2v) is 8.72. The molecule has 0 aliphatic heterocycles. The number of amides is 1. The molecule has 0 fully saturated rings. The standard InChI is InChI=1S/C25H22FN5OS/c1-14-8-9-33-24(14)25(32)29-13-22-20(26)11-18(12-28-22)23-16(3)30-31(17(23)4)19-6-7-21(27-5)15(2)10-19/h6-12H,13H2,1-4H3,(H,29,32). The Morgan fingerprint density at radius 1 is 1.18 bits per heavy atom. The molecule has 0 radical (unpaired) electrons. The minimum absolute atomic E-state index is 0.00614. The number of nitrogens with one attached hydrogen (secondary N) is 1. The molecule has 4 aromatic rings. The van der Waals surface area contributed by atoms with Crippen LogP contribution in [0.2, 0.25) is 0 Å². The second kappa shape index (κ2) is 8.96. The molecule has 8 heteroatoms. The summed E-state index contributed by atoms with van der Waals surface area (Å²) in [6.07, 6.45) is 1.61. The number of pyridine rings is 1. The van der Waals surface area contributed by atoms with Crippen molar-refractivity contribution in [2.24, 2.45) is 0 Å². The summed E-state index contributed by atoms with van der Waals surface area (Å²) in [5, 5.41) is 9.22. The largest absolute Gasteiger partial charge is 0.346 e. The van der Waals surface area contributed by atoms with E-state index in [0.29, 0.717) is 16.1 Å². The van der Waals surface area contributed by atoms with Crippen LogP contribution in [0.3, 0.4) is 0 Å². The molecule has 3 aromatic heterocycles. The fourth-order valence-corrected chi connectivity index (χ4v) is 4.63. The molecule has 0 aliphatic carbocycles. The van der Waals surface area contributed by atoms with Gasteiger partial charge in [-0.3, -0.25) is 9.78 Å². The van der Waals surface area contributed by atoms with Crippen molar-refractivity contribution in [3.8, 4) is 16.8 Å². The summed E-state index contributed by atoms with van der Waals surface area (Å²) in [5.41, 5.74) is 6.39. The first-order chi connectivity index (χ1) is 15.8. The predicted octanol–water partition coefficient (Wildman–Crippen LogP) is 5.85. The van der Waals surface area contributed by atoms with E-state index < -0.39 is 5.82 Å². The molecule has 1 amide bonds. The number of nitrogens with zero attached hydrogens (tertiary/aromatic N) is 4. The van der Waals surface area contributed by atoms with Crippen LogP contribution in [0.5, 0.6) is 0 Å². The van der Waals surface area contributed by atoms with Gasteiger partial charge in [0.2, 0.25) is 0 Å². The van der Waals surface area contributed by atoms with Gasteiger partial charge in [-0.2, -0.15) is 5.10 Å². The highest BCUT2D eigenvalue weighted by molar-refractivity contribution is 7.12. The molecular formula is C25H22FN5OS. The summed E-state index contributed by atoms with van der Waals surface area (Å²) in [7, 11) is 0. The van der Waals surface area contributed by atoms with Crippen molar-refractivity contribution in [2.45, 2.75) is 34.2 Å². The summed E-state index contributed by atoms with van der Waals surface area (Å²) in [6, 6.07) is 8.84. The van der Waals surface area contributed by atoms with Gasteiger partial charge in [-0.05, 0) is 68.5 Å². The number of hydrogen-bond donors (Lipinski definition) is 1. The van der Waals surface area contributed by atoms with Crippen molar-refractivity contribution < 1.29 is 9.18 Å². The van der Waals surface area contributed by atoms with Gasteiger partial charge in [-0.1, -0.05) is 6.07 Å². The molecule has 166 valence electrons. The summed E-state index contributed by atoms with van der Waals surface area (Å²) < 4.78 is 16.7. The Kier molecular flexibility index (Phi) is 6.07. The molecule has 4 rings (SSSR count). The molecule has 1 N–H and O–H groups in total. The third-order valence-electron chi connectivity index (χ3n) is 5.53. The first kappa shape index (κ1) is 22.4. The number of halogens is 1. The Hall–Kier alpha value is -3.83. The second-order valence-electron chi connectivity index (χ2n) is 7.81. The number of rotatable bonds is 5. The average molecular weight is 460 g/mol. The van der Waals surface area contributed by atoms with Crippen LogP contribution >= 0.6 is 11.3 Å². The van der Waals surface area contributed by atoms with Crippen LogP contribution in [0.1, 0.15) is 37.9 Å². The summed E-state index contributed by atoms with van der Waals surface area (Å²) in [4.78, 5) is 20.7. The maximum absolute atomic E-state index is 14.9.